The molecule has 0 spiro atoms. The second kappa shape index (κ2) is 16.9. The van der Waals surface area contributed by atoms with E-state index in [4.69, 9.17) is 4.74 Å². The summed E-state index contributed by atoms with van der Waals surface area (Å²) >= 11 is 0. The van der Waals surface area contributed by atoms with Crippen LogP contribution in [0.3, 0.4) is 0 Å². The number of hydrogen-bond acceptors (Lipinski definition) is 7. The maximum atomic E-state index is 15.4. The molecule has 0 fully saturated rings. The van der Waals surface area contributed by atoms with Gasteiger partial charge in [0.15, 0.2) is 0 Å². The number of carbonyl (C=O) groups excluding carboxylic acids is 4. The van der Waals surface area contributed by atoms with E-state index in [-0.39, 0.29) is 24.5 Å². The normalized spacial score (nSPS) is 11.6. The molecule has 0 unspecified atom stereocenters. The summed E-state index contributed by atoms with van der Waals surface area (Å²) in [6.07, 6.45) is -0.399. The molecule has 0 bridgehead atoms. The van der Waals surface area contributed by atoms with Gasteiger partial charge in [-0.3, -0.25) is 29.1 Å². The van der Waals surface area contributed by atoms with Crippen LogP contribution in [0.1, 0.15) is 16.7 Å². The van der Waals surface area contributed by atoms with Gasteiger partial charge in [0.1, 0.15) is 30.5 Å². The quantitative estimate of drug-likeness (QED) is 0.137. The average molecular weight is 712 g/mol. The Morgan fingerprint density at radius 3 is 1.98 bits per heavy atom. The Hall–Kier alpha value is -6.57. The lowest BCUT2D eigenvalue weighted by atomic mass is 9.98. The highest BCUT2D eigenvalue weighted by Gasteiger charge is 2.50. The summed E-state index contributed by atoms with van der Waals surface area (Å²) in [6, 6.07) is 27.8. The Morgan fingerprint density at radius 1 is 0.788 bits per heavy atom. The number of benzene rings is 4. The highest BCUT2D eigenvalue weighted by molar-refractivity contribution is 6.10. The Kier molecular flexibility index (Phi) is 11.9. The number of nitrogens with zero attached hydrogens (tertiary/aromatic N) is 2. The van der Waals surface area contributed by atoms with Gasteiger partial charge in [0.05, 0.1) is 12.2 Å². The first kappa shape index (κ1) is 36.7. The predicted molar refractivity (Wildman–Crippen MR) is 184 cm³/mol. The van der Waals surface area contributed by atoms with Crippen molar-refractivity contribution >= 4 is 29.4 Å². The van der Waals surface area contributed by atoms with Crippen LogP contribution in [0, 0.1) is 5.82 Å². The summed E-state index contributed by atoms with van der Waals surface area (Å²) in [5.41, 5.74) is 0.449. The van der Waals surface area contributed by atoms with Crippen molar-refractivity contribution in [3.8, 4) is 11.4 Å². The molecule has 14 heteroatoms. The molecule has 0 saturated heterocycles. The van der Waals surface area contributed by atoms with Gasteiger partial charge >= 0.3 is 12.0 Å². The largest absolute Gasteiger partial charge is 0.444 e. The summed E-state index contributed by atoms with van der Waals surface area (Å²) in [6.45, 7) is -1.27. The molecule has 11 nitrogen and oxygen atoms in total. The molecule has 266 valence electrons. The fraction of sp³-hybridized carbons (Fsp3) is 0.158. The van der Waals surface area contributed by atoms with E-state index in [2.05, 4.69) is 20.9 Å². The highest BCUT2D eigenvalue weighted by Crippen LogP contribution is 2.21. The van der Waals surface area contributed by atoms with Gasteiger partial charge in [0, 0.05) is 18.5 Å². The van der Waals surface area contributed by atoms with Gasteiger partial charge in [-0.2, -0.15) is 8.78 Å². The van der Waals surface area contributed by atoms with Gasteiger partial charge in [0.25, 0.3) is 11.5 Å². The summed E-state index contributed by atoms with van der Waals surface area (Å²) in [7, 11) is 0. The van der Waals surface area contributed by atoms with Crippen LogP contribution in [0.5, 0.6) is 0 Å². The molecule has 4 aromatic carbocycles. The third-order valence-electron chi connectivity index (χ3n) is 7.73. The molecule has 1 atom stereocenters. The number of alkyl halides is 2. The summed E-state index contributed by atoms with van der Waals surface area (Å²) < 4.78 is 50.6. The first-order valence-electron chi connectivity index (χ1n) is 15.9. The van der Waals surface area contributed by atoms with E-state index < -0.39 is 65.7 Å². The van der Waals surface area contributed by atoms with Crippen molar-refractivity contribution in [2.24, 2.45) is 0 Å². The van der Waals surface area contributed by atoms with Gasteiger partial charge in [0.2, 0.25) is 11.7 Å². The standard InChI is InChI=1S/C38H32F3N5O6/c39-29-18-16-28(17-19-29)34-42-22-31(45-37(51)52-24-27-14-8-3-9-15-27)35(49)46(34)23-32(47)44-30(20-25-10-4-1-5-11-25)33(48)38(40,41)36(50)43-21-26-12-6-2-7-13-26/h1-19,22,30H,20-21,23-24H2,(H,43,50)(H,44,47)(H,45,51)/t30-/m0/s1. The van der Waals surface area contributed by atoms with Gasteiger partial charge in [-0.1, -0.05) is 91.0 Å². The minimum atomic E-state index is -4.55. The van der Waals surface area contributed by atoms with Crippen molar-refractivity contribution in [2.45, 2.75) is 38.1 Å². The topological polar surface area (TPSA) is 148 Å². The Bertz CT molecular complexity index is 2080. The number of amides is 3. The number of halogens is 3. The lowest BCUT2D eigenvalue weighted by Gasteiger charge is -2.23. The van der Waals surface area contributed by atoms with Gasteiger partial charge in [-0.05, 0) is 41.0 Å². The van der Waals surface area contributed by atoms with E-state index in [1.54, 1.807) is 91.0 Å². The van der Waals surface area contributed by atoms with Crippen LogP contribution in [0.2, 0.25) is 0 Å². The zero-order chi connectivity index (χ0) is 37.1. The minimum Gasteiger partial charge on any atom is -0.444 e. The maximum Gasteiger partial charge on any atom is 0.412 e. The number of hydrogen-bond donors (Lipinski definition) is 3. The van der Waals surface area contributed by atoms with Crippen molar-refractivity contribution < 1.29 is 37.1 Å². The lowest BCUT2D eigenvalue weighted by Crippen LogP contribution is -2.55. The molecule has 0 aliphatic rings. The SMILES string of the molecule is O=C(Cn1c(-c2ccc(F)cc2)ncc(NC(=O)OCc2ccccc2)c1=O)N[C@@H](Cc1ccccc1)C(=O)C(F)(F)C(=O)NCc1ccccc1. The molecule has 52 heavy (non-hydrogen) atoms. The Labute approximate surface area is 295 Å². The van der Waals surface area contributed by atoms with Crippen LogP contribution in [0.25, 0.3) is 11.4 Å². The van der Waals surface area contributed by atoms with Crippen molar-refractivity contribution in [1.29, 1.82) is 0 Å². The molecule has 1 aromatic heterocycles. The van der Waals surface area contributed by atoms with Crippen LogP contribution in [0.15, 0.2) is 126 Å². The predicted octanol–water partition coefficient (Wildman–Crippen LogP) is 5.05. The van der Waals surface area contributed by atoms with Gasteiger partial charge in [-0.15, -0.1) is 0 Å². The average Bonchev–Trinajstić information content (AvgIpc) is 3.15. The first-order chi connectivity index (χ1) is 25.0. The fourth-order valence-corrected chi connectivity index (χ4v) is 5.09. The zero-order valence-corrected chi connectivity index (χ0v) is 27.4. The van der Waals surface area contributed by atoms with E-state index in [1.807, 2.05) is 0 Å². The maximum absolute atomic E-state index is 15.4. The molecular formula is C38H32F3N5O6. The van der Waals surface area contributed by atoms with Crippen molar-refractivity contribution in [1.82, 2.24) is 20.2 Å². The monoisotopic (exact) mass is 711 g/mol. The number of carbonyl (C=O) groups is 4. The second-order valence-corrected chi connectivity index (χ2v) is 11.5. The van der Waals surface area contributed by atoms with Gasteiger partial charge in [-0.25, -0.2) is 14.2 Å². The summed E-state index contributed by atoms with van der Waals surface area (Å²) in [5, 5.41) is 6.60. The van der Waals surface area contributed by atoms with Crippen LogP contribution in [-0.4, -0.2) is 45.2 Å². The van der Waals surface area contributed by atoms with E-state index in [0.717, 1.165) is 22.9 Å². The van der Waals surface area contributed by atoms with E-state index in [1.165, 1.54) is 12.1 Å². The number of Topliss-reactive ketones (excluding diaryl/α,β-unsaturated/α-hetero) is 1. The van der Waals surface area contributed by atoms with Crippen LogP contribution >= 0.6 is 0 Å². The molecule has 0 aliphatic heterocycles. The van der Waals surface area contributed by atoms with E-state index in [9.17, 15) is 28.4 Å². The number of aromatic nitrogens is 2. The van der Waals surface area contributed by atoms with E-state index >= 15 is 8.78 Å². The lowest BCUT2D eigenvalue weighted by molar-refractivity contribution is -0.160. The van der Waals surface area contributed by atoms with Crippen molar-refractivity contribution in [2.75, 3.05) is 5.32 Å². The molecule has 3 N–H and O–H groups in total. The fourth-order valence-electron chi connectivity index (χ4n) is 5.09. The second-order valence-electron chi connectivity index (χ2n) is 11.5. The van der Waals surface area contributed by atoms with Gasteiger partial charge < -0.3 is 15.4 Å². The number of nitrogens with one attached hydrogen (secondary N) is 3. The Balaban J connectivity index is 1.39. The molecule has 5 rings (SSSR count). The van der Waals surface area contributed by atoms with Crippen LogP contribution < -0.4 is 21.5 Å². The summed E-state index contributed by atoms with van der Waals surface area (Å²) in [4.78, 5) is 69.9. The number of ether oxygens (including phenoxy) is 1. The number of rotatable bonds is 14. The van der Waals surface area contributed by atoms with E-state index in [0.29, 0.717) is 16.7 Å². The molecule has 0 saturated carbocycles. The van der Waals surface area contributed by atoms with Crippen LogP contribution in [-0.2, 0) is 45.2 Å². The molecule has 5 aromatic rings. The first-order valence-corrected chi connectivity index (χ1v) is 15.9. The third kappa shape index (κ3) is 9.56. The van der Waals surface area contributed by atoms with Crippen molar-refractivity contribution in [3.05, 3.63) is 154 Å². The molecule has 0 radical (unpaired) electrons. The number of anilines is 1. The van der Waals surface area contributed by atoms with Crippen molar-refractivity contribution in [3.63, 3.8) is 0 Å². The molecular weight excluding hydrogens is 679 g/mol. The molecule has 1 heterocycles. The number of ketones is 1. The smallest absolute Gasteiger partial charge is 0.412 e. The minimum absolute atomic E-state index is 0.115. The summed E-state index contributed by atoms with van der Waals surface area (Å²) in [5.74, 6) is -10.1. The Morgan fingerprint density at radius 2 is 1.37 bits per heavy atom. The highest BCUT2D eigenvalue weighted by atomic mass is 19.3. The third-order valence-corrected chi connectivity index (χ3v) is 7.73. The molecule has 3 amide bonds. The molecule has 0 aliphatic carbocycles. The zero-order valence-electron chi connectivity index (χ0n) is 27.4. The van der Waals surface area contributed by atoms with Crippen LogP contribution in [0.4, 0.5) is 23.7 Å².